The minimum absolute atomic E-state index is 0.210. The number of amides is 1. The summed E-state index contributed by atoms with van der Waals surface area (Å²) < 4.78 is 5.19. The fraction of sp³-hybridized carbons (Fsp3) is 0.0667. The molecule has 0 saturated heterocycles. The number of hydrazine groups is 1. The van der Waals surface area contributed by atoms with Gasteiger partial charge in [0.25, 0.3) is 5.91 Å². The number of anilines is 1. The number of hydrogen-bond donors (Lipinski definition) is 3. The first-order valence-corrected chi connectivity index (χ1v) is 6.44. The average Bonchev–Trinajstić information content (AvgIpc) is 3.05. The number of nitrogen functional groups attached to an aromatic ring is 1. The lowest BCUT2D eigenvalue weighted by Crippen LogP contribution is -2.23. The highest BCUT2D eigenvalue weighted by Crippen LogP contribution is 2.23. The van der Waals surface area contributed by atoms with Crippen LogP contribution in [0, 0.1) is 0 Å². The lowest BCUT2D eigenvalue weighted by Gasteiger charge is -2.09. The highest BCUT2D eigenvalue weighted by molar-refractivity contribution is 6.09. The number of pyridine rings is 1. The number of nitrogens with zero attached hydrogens (tertiary/aromatic N) is 1. The molecule has 2 aromatic heterocycles. The molecule has 0 aliphatic heterocycles. The summed E-state index contributed by atoms with van der Waals surface area (Å²) in [5, 5.41) is 4.39. The molecule has 1 amide bonds. The van der Waals surface area contributed by atoms with Gasteiger partial charge in [-0.05, 0) is 17.5 Å². The van der Waals surface area contributed by atoms with Crippen LogP contribution in [-0.2, 0) is 6.54 Å². The molecule has 6 heteroatoms. The summed E-state index contributed by atoms with van der Waals surface area (Å²) in [6.07, 6.45) is 3.08. The van der Waals surface area contributed by atoms with Crippen LogP contribution in [0.25, 0.3) is 10.8 Å². The van der Waals surface area contributed by atoms with Crippen molar-refractivity contribution in [3.05, 3.63) is 60.2 Å². The predicted molar refractivity (Wildman–Crippen MR) is 79.4 cm³/mol. The third-order valence-electron chi connectivity index (χ3n) is 3.18. The maximum Gasteiger partial charge on any atom is 0.253 e. The molecule has 0 atom stereocenters. The predicted octanol–water partition coefficient (Wildman–Crippen LogP) is 2.04. The zero-order valence-electron chi connectivity index (χ0n) is 11.2. The summed E-state index contributed by atoms with van der Waals surface area (Å²) >= 11 is 0. The summed E-state index contributed by atoms with van der Waals surface area (Å²) in [7, 11) is 0. The van der Waals surface area contributed by atoms with Crippen LogP contribution in [-0.4, -0.2) is 10.9 Å². The molecule has 6 nitrogen and oxygen atoms in total. The SMILES string of the molecule is NNc1ncc(C(=O)NCc2ccco2)c2ccccc12. The Hall–Kier alpha value is -2.86. The lowest BCUT2D eigenvalue weighted by molar-refractivity contribution is 0.0949. The highest BCUT2D eigenvalue weighted by Gasteiger charge is 2.13. The Bertz CT molecular complexity index is 768. The number of fused-ring (bicyclic) bond motifs is 1. The van der Waals surface area contributed by atoms with Gasteiger partial charge in [-0.1, -0.05) is 24.3 Å². The van der Waals surface area contributed by atoms with Crippen LogP contribution in [0.2, 0.25) is 0 Å². The van der Waals surface area contributed by atoms with Crippen LogP contribution in [0.3, 0.4) is 0 Å². The summed E-state index contributed by atoms with van der Waals surface area (Å²) in [6.45, 7) is 0.330. The van der Waals surface area contributed by atoms with Gasteiger partial charge < -0.3 is 15.2 Å². The summed E-state index contributed by atoms with van der Waals surface area (Å²) in [4.78, 5) is 16.5. The Kier molecular flexibility index (Phi) is 3.53. The highest BCUT2D eigenvalue weighted by atomic mass is 16.3. The molecule has 0 saturated carbocycles. The van der Waals surface area contributed by atoms with Gasteiger partial charge in [-0.15, -0.1) is 0 Å². The number of hydrogen-bond acceptors (Lipinski definition) is 5. The van der Waals surface area contributed by atoms with E-state index in [2.05, 4.69) is 15.7 Å². The molecule has 21 heavy (non-hydrogen) atoms. The Balaban J connectivity index is 1.91. The minimum atomic E-state index is -0.210. The van der Waals surface area contributed by atoms with Crippen molar-refractivity contribution in [1.29, 1.82) is 0 Å². The van der Waals surface area contributed by atoms with Crippen LogP contribution < -0.4 is 16.6 Å². The molecule has 0 aliphatic rings. The molecule has 0 aliphatic carbocycles. The third kappa shape index (κ3) is 2.56. The van der Waals surface area contributed by atoms with Gasteiger partial charge in [-0.25, -0.2) is 10.8 Å². The number of nitrogens with two attached hydrogens (primary N) is 1. The average molecular weight is 282 g/mol. The standard InChI is InChI=1S/C15H14N4O2/c16-19-14-12-6-2-1-5-11(12)13(9-17-14)15(20)18-8-10-4-3-7-21-10/h1-7,9H,8,16H2,(H,17,19)(H,18,20). The molecule has 0 fully saturated rings. The van der Waals surface area contributed by atoms with Crippen molar-refractivity contribution in [3.63, 3.8) is 0 Å². The van der Waals surface area contributed by atoms with Gasteiger partial charge in [0.2, 0.25) is 0 Å². The van der Waals surface area contributed by atoms with E-state index in [1.54, 1.807) is 18.4 Å². The number of carbonyl (C=O) groups excluding carboxylic acids is 1. The monoisotopic (exact) mass is 282 g/mol. The normalized spacial score (nSPS) is 10.5. The van der Waals surface area contributed by atoms with E-state index in [0.717, 1.165) is 10.8 Å². The van der Waals surface area contributed by atoms with Crippen molar-refractivity contribution in [2.75, 3.05) is 5.43 Å². The Morgan fingerprint density at radius 2 is 2.00 bits per heavy atom. The first-order chi connectivity index (χ1) is 10.3. The number of rotatable bonds is 4. The van der Waals surface area contributed by atoms with E-state index in [0.29, 0.717) is 23.7 Å². The molecule has 4 N–H and O–H groups in total. The van der Waals surface area contributed by atoms with Gasteiger partial charge in [0.05, 0.1) is 18.4 Å². The van der Waals surface area contributed by atoms with Gasteiger partial charge in [0.1, 0.15) is 11.6 Å². The molecule has 0 spiro atoms. The molecule has 2 heterocycles. The van der Waals surface area contributed by atoms with Crippen molar-refractivity contribution in [3.8, 4) is 0 Å². The van der Waals surface area contributed by atoms with Crippen molar-refractivity contribution in [1.82, 2.24) is 10.3 Å². The fourth-order valence-corrected chi connectivity index (χ4v) is 2.16. The summed E-state index contributed by atoms with van der Waals surface area (Å²) in [5.41, 5.74) is 3.03. The zero-order valence-corrected chi connectivity index (χ0v) is 11.2. The van der Waals surface area contributed by atoms with Gasteiger partial charge in [-0.2, -0.15) is 0 Å². The van der Waals surface area contributed by atoms with Gasteiger partial charge in [-0.3, -0.25) is 4.79 Å². The van der Waals surface area contributed by atoms with Crippen molar-refractivity contribution >= 4 is 22.5 Å². The molecular weight excluding hydrogens is 268 g/mol. The summed E-state index contributed by atoms with van der Waals surface area (Å²) in [5.74, 6) is 6.46. The largest absolute Gasteiger partial charge is 0.467 e. The van der Waals surface area contributed by atoms with Crippen molar-refractivity contribution in [2.45, 2.75) is 6.54 Å². The van der Waals surface area contributed by atoms with E-state index in [9.17, 15) is 4.79 Å². The number of furan rings is 1. The molecule has 3 aromatic rings. The van der Waals surface area contributed by atoms with Gasteiger partial charge >= 0.3 is 0 Å². The Labute approximate surface area is 120 Å². The number of benzene rings is 1. The molecular formula is C15H14N4O2. The van der Waals surface area contributed by atoms with E-state index in [1.807, 2.05) is 24.3 Å². The maximum absolute atomic E-state index is 12.3. The van der Waals surface area contributed by atoms with E-state index < -0.39 is 0 Å². The minimum Gasteiger partial charge on any atom is -0.467 e. The smallest absolute Gasteiger partial charge is 0.253 e. The number of carbonyl (C=O) groups is 1. The van der Waals surface area contributed by atoms with E-state index in [1.165, 1.54) is 6.20 Å². The van der Waals surface area contributed by atoms with E-state index in [-0.39, 0.29) is 5.91 Å². The molecule has 0 radical (unpaired) electrons. The Morgan fingerprint density at radius 1 is 1.19 bits per heavy atom. The topological polar surface area (TPSA) is 93.2 Å². The molecule has 3 rings (SSSR count). The number of aromatic nitrogens is 1. The molecule has 106 valence electrons. The van der Waals surface area contributed by atoms with Gasteiger partial charge in [0.15, 0.2) is 0 Å². The first-order valence-electron chi connectivity index (χ1n) is 6.44. The second-order valence-corrected chi connectivity index (χ2v) is 4.47. The lowest BCUT2D eigenvalue weighted by atomic mass is 10.1. The van der Waals surface area contributed by atoms with Crippen molar-refractivity contribution < 1.29 is 9.21 Å². The summed E-state index contributed by atoms with van der Waals surface area (Å²) in [6, 6.07) is 11.0. The van der Waals surface area contributed by atoms with Crippen LogP contribution in [0.4, 0.5) is 5.82 Å². The fourth-order valence-electron chi connectivity index (χ4n) is 2.16. The quantitative estimate of drug-likeness (QED) is 0.503. The van der Waals surface area contributed by atoms with Crippen LogP contribution in [0.5, 0.6) is 0 Å². The second-order valence-electron chi connectivity index (χ2n) is 4.47. The van der Waals surface area contributed by atoms with Crippen LogP contribution in [0.1, 0.15) is 16.1 Å². The van der Waals surface area contributed by atoms with E-state index in [4.69, 9.17) is 10.3 Å². The maximum atomic E-state index is 12.3. The van der Waals surface area contributed by atoms with Crippen LogP contribution in [0.15, 0.2) is 53.3 Å². The second kappa shape index (κ2) is 5.64. The molecule has 0 bridgehead atoms. The van der Waals surface area contributed by atoms with E-state index >= 15 is 0 Å². The van der Waals surface area contributed by atoms with Gasteiger partial charge in [0, 0.05) is 11.6 Å². The van der Waals surface area contributed by atoms with Crippen molar-refractivity contribution in [2.24, 2.45) is 5.84 Å². The first kappa shape index (κ1) is 13.1. The molecule has 1 aromatic carbocycles. The van der Waals surface area contributed by atoms with Crippen LogP contribution >= 0.6 is 0 Å². The zero-order chi connectivity index (χ0) is 14.7. The number of nitrogens with one attached hydrogen (secondary N) is 2. The third-order valence-corrected chi connectivity index (χ3v) is 3.18. The molecule has 0 unspecified atom stereocenters. The Morgan fingerprint density at radius 3 is 2.71 bits per heavy atom.